The summed E-state index contributed by atoms with van der Waals surface area (Å²) in [7, 11) is 0. The topological polar surface area (TPSA) is 30.2 Å². The molecule has 0 aliphatic rings. The molecule has 0 unspecified atom stereocenters. The number of carbonyl (C=O) groups is 1. The van der Waals surface area contributed by atoms with Gasteiger partial charge in [0.15, 0.2) is 11.5 Å². The van der Waals surface area contributed by atoms with Crippen LogP contribution in [0.4, 0.5) is 0 Å². The second kappa shape index (κ2) is 2.29. The molecule has 0 aliphatic carbocycles. The van der Waals surface area contributed by atoms with Crippen molar-refractivity contribution >= 4 is 5.78 Å². The molecule has 0 amide bonds. The molecule has 0 fully saturated rings. The maximum absolute atomic E-state index is 10.8. The van der Waals surface area contributed by atoms with Crippen LogP contribution >= 0.6 is 0 Å². The number of hydrogen-bond donors (Lipinski definition) is 0. The summed E-state index contributed by atoms with van der Waals surface area (Å²) in [6.45, 7) is 5.21. The molecular formula is C8H10O2. The Kier molecular flexibility index (Phi) is 1.62. The smallest absolute Gasteiger partial charge is 0.195 e. The number of carbonyl (C=O) groups excluding carboxylic acids is 1. The molecule has 0 saturated carbocycles. The van der Waals surface area contributed by atoms with Crippen LogP contribution in [-0.4, -0.2) is 5.78 Å². The Balaban J connectivity index is 3.15. The second-order valence-electron chi connectivity index (χ2n) is 2.43. The molecule has 1 heterocycles. The zero-order chi connectivity index (χ0) is 7.72. The molecule has 2 nitrogen and oxygen atoms in total. The highest BCUT2D eigenvalue weighted by Crippen LogP contribution is 2.13. The number of Topliss-reactive ketones (excluding diaryl/α,β-unsaturated/α-hetero) is 1. The predicted molar refractivity (Wildman–Crippen MR) is 38.2 cm³/mol. The summed E-state index contributed by atoms with van der Waals surface area (Å²) in [6.07, 6.45) is 0. The van der Waals surface area contributed by atoms with Gasteiger partial charge in [-0.3, -0.25) is 4.79 Å². The van der Waals surface area contributed by atoms with Gasteiger partial charge in [0, 0.05) is 6.92 Å². The van der Waals surface area contributed by atoms with E-state index in [0.29, 0.717) is 5.76 Å². The van der Waals surface area contributed by atoms with Crippen LogP contribution in [0.15, 0.2) is 10.5 Å². The van der Waals surface area contributed by atoms with E-state index < -0.39 is 0 Å². The lowest BCUT2D eigenvalue weighted by atomic mass is 10.2. The molecule has 2 heteroatoms. The molecule has 0 aromatic carbocycles. The average Bonchev–Trinajstić information content (AvgIpc) is 2.10. The van der Waals surface area contributed by atoms with Crippen molar-refractivity contribution in [2.24, 2.45) is 0 Å². The maximum Gasteiger partial charge on any atom is 0.195 e. The van der Waals surface area contributed by atoms with Gasteiger partial charge in [-0.15, -0.1) is 0 Å². The minimum atomic E-state index is -0.00870. The first-order valence-electron chi connectivity index (χ1n) is 3.19. The number of furan rings is 1. The maximum atomic E-state index is 10.8. The van der Waals surface area contributed by atoms with Crippen molar-refractivity contribution in [3.8, 4) is 0 Å². The van der Waals surface area contributed by atoms with Gasteiger partial charge >= 0.3 is 0 Å². The molecule has 0 atom stereocenters. The van der Waals surface area contributed by atoms with Crippen LogP contribution in [0.5, 0.6) is 0 Å². The van der Waals surface area contributed by atoms with E-state index in [4.69, 9.17) is 4.42 Å². The summed E-state index contributed by atoms with van der Waals surface area (Å²) >= 11 is 0. The molecule has 0 radical (unpaired) electrons. The zero-order valence-corrected chi connectivity index (χ0v) is 6.39. The van der Waals surface area contributed by atoms with Gasteiger partial charge in [0.1, 0.15) is 5.76 Å². The molecule has 54 valence electrons. The van der Waals surface area contributed by atoms with Crippen LogP contribution in [0.1, 0.15) is 28.8 Å². The molecule has 0 bridgehead atoms. The first-order valence-corrected chi connectivity index (χ1v) is 3.19. The zero-order valence-electron chi connectivity index (χ0n) is 6.39. The highest BCUT2D eigenvalue weighted by Gasteiger charge is 2.08. The van der Waals surface area contributed by atoms with E-state index in [9.17, 15) is 4.79 Å². The summed E-state index contributed by atoms with van der Waals surface area (Å²) in [5.74, 6) is 1.27. The molecule has 0 spiro atoms. The summed E-state index contributed by atoms with van der Waals surface area (Å²) in [5.41, 5.74) is 0.921. The van der Waals surface area contributed by atoms with Gasteiger partial charge in [-0.05, 0) is 25.5 Å². The highest BCUT2D eigenvalue weighted by molar-refractivity contribution is 5.92. The molecule has 0 saturated heterocycles. The van der Waals surface area contributed by atoms with Gasteiger partial charge in [0.05, 0.1) is 0 Å². The molecular weight excluding hydrogens is 128 g/mol. The SMILES string of the molecule is CC(=O)c1oc(C)cc1C. The van der Waals surface area contributed by atoms with Crippen LogP contribution in [-0.2, 0) is 0 Å². The van der Waals surface area contributed by atoms with Crippen LogP contribution in [0, 0.1) is 13.8 Å². The van der Waals surface area contributed by atoms with Crippen molar-refractivity contribution in [3.05, 3.63) is 23.2 Å². The average molecular weight is 138 g/mol. The number of hydrogen-bond acceptors (Lipinski definition) is 2. The summed E-state index contributed by atoms with van der Waals surface area (Å²) in [6, 6.07) is 1.86. The van der Waals surface area contributed by atoms with Crippen molar-refractivity contribution in [2.75, 3.05) is 0 Å². The van der Waals surface area contributed by atoms with Crippen LogP contribution < -0.4 is 0 Å². The van der Waals surface area contributed by atoms with Crippen molar-refractivity contribution in [3.63, 3.8) is 0 Å². The Labute approximate surface area is 59.8 Å². The van der Waals surface area contributed by atoms with E-state index in [1.807, 2.05) is 19.9 Å². The third-order valence-electron chi connectivity index (χ3n) is 1.36. The van der Waals surface area contributed by atoms with Crippen molar-refractivity contribution in [1.29, 1.82) is 0 Å². The number of ketones is 1. The fourth-order valence-corrected chi connectivity index (χ4v) is 0.991. The summed E-state index contributed by atoms with van der Waals surface area (Å²) < 4.78 is 5.13. The normalized spacial score (nSPS) is 9.90. The molecule has 1 aromatic rings. The Hall–Kier alpha value is -1.05. The Bertz CT molecular complexity index is 258. The third-order valence-corrected chi connectivity index (χ3v) is 1.36. The van der Waals surface area contributed by atoms with E-state index in [2.05, 4.69) is 0 Å². The van der Waals surface area contributed by atoms with Crippen LogP contribution in [0.3, 0.4) is 0 Å². The van der Waals surface area contributed by atoms with Crippen LogP contribution in [0.25, 0.3) is 0 Å². The Morgan fingerprint density at radius 2 is 2.10 bits per heavy atom. The summed E-state index contributed by atoms with van der Waals surface area (Å²) in [5, 5.41) is 0. The lowest BCUT2D eigenvalue weighted by Crippen LogP contribution is -1.89. The van der Waals surface area contributed by atoms with Gasteiger partial charge < -0.3 is 4.42 Å². The molecule has 0 N–H and O–H groups in total. The van der Waals surface area contributed by atoms with E-state index in [-0.39, 0.29) is 5.78 Å². The monoisotopic (exact) mass is 138 g/mol. The Morgan fingerprint density at radius 1 is 1.50 bits per heavy atom. The van der Waals surface area contributed by atoms with Gasteiger partial charge in [-0.1, -0.05) is 0 Å². The van der Waals surface area contributed by atoms with Crippen molar-refractivity contribution in [2.45, 2.75) is 20.8 Å². The van der Waals surface area contributed by atoms with Crippen molar-refractivity contribution < 1.29 is 9.21 Å². The van der Waals surface area contributed by atoms with E-state index >= 15 is 0 Å². The minimum Gasteiger partial charge on any atom is -0.458 e. The highest BCUT2D eigenvalue weighted by atomic mass is 16.3. The molecule has 1 aromatic heterocycles. The lowest BCUT2D eigenvalue weighted by molar-refractivity contribution is 0.0985. The largest absolute Gasteiger partial charge is 0.458 e. The quantitative estimate of drug-likeness (QED) is 0.556. The standard InChI is InChI=1S/C8H10O2/c1-5-4-6(2)10-8(5)7(3)9/h4H,1-3H3. The van der Waals surface area contributed by atoms with Crippen molar-refractivity contribution in [1.82, 2.24) is 0 Å². The van der Waals surface area contributed by atoms with E-state index in [1.165, 1.54) is 6.92 Å². The van der Waals surface area contributed by atoms with Gasteiger partial charge in [0.2, 0.25) is 0 Å². The Morgan fingerprint density at radius 3 is 2.30 bits per heavy atom. The van der Waals surface area contributed by atoms with Crippen LogP contribution in [0.2, 0.25) is 0 Å². The third kappa shape index (κ3) is 1.10. The first-order chi connectivity index (χ1) is 4.61. The molecule has 1 rings (SSSR count). The fourth-order valence-electron chi connectivity index (χ4n) is 0.991. The van der Waals surface area contributed by atoms with E-state index in [1.54, 1.807) is 0 Å². The fraction of sp³-hybridized carbons (Fsp3) is 0.375. The van der Waals surface area contributed by atoms with E-state index in [0.717, 1.165) is 11.3 Å². The van der Waals surface area contributed by atoms with Gasteiger partial charge in [0.25, 0.3) is 0 Å². The van der Waals surface area contributed by atoms with Gasteiger partial charge in [-0.2, -0.15) is 0 Å². The minimum absolute atomic E-state index is 0.00870. The van der Waals surface area contributed by atoms with Gasteiger partial charge in [-0.25, -0.2) is 0 Å². The lowest BCUT2D eigenvalue weighted by Gasteiger charge is -1.87. The molecule has 0 aliphatic heterocycles. The summed E-state index contributed by atoms with van der Waals surface area (Å²) in [4.78, 5) is 10.8. The first kappa shape index (κ1) is 7.06. The number of aryl methyl sites for hydroxylation is 2. The molecule has 10 heavy (non-hydrogen) atoms. The second-order valence-corrected chi connectivity index (χ2v) is 2.43. The predicted octanol–water partition coefficient (Wildman–Crippen LogP) is 2.10. The number of rotatable bonds is 1.